The zero-order chi connectivity index (χ0) is 18.6. The summed E-state index contributed by atoms with van der Waals surface area (Å²) in [5, 5.41) is 9.10. The molecule has 0 saturated carbocycles. The zero-order valence-corrected chi connectivity index (χ0v) is 18.3. The van der Waals surface area contributed by atoms with Crippen molar-refractivity contribution in [3.05, 3.63) is 23.9 Å². The van der Waals surface area contributed by atoms with Gasteiger partial charge in [0, 0.05) is 46.0 Å². The fraction of sp³-hybridized carbons (Fsp3) is 0.611. The Hall–Kier alpha value is -1.46. The topological polar surface area (TPSA) is 96.9 Å². The number of hydrogen-bond acceptors (Lipinski definition) is 5. The van der Waals surface area contributed by atoms with Crippen LogP contribution in [0.25, 0.3) is 0 Å². The smallest absolute Gasteiger partial charge is 0.227 e. The summed E-state index contributed by atoms with van der Waals surface area (Å²) in [5.41, 5.74) is 1.06. The monoisotopic (exact) mass is 491 g/mol. The van der Waals surface area contributed by atoms with E-state index in [0.29, 0.717) is 38.0 Å². The molecule has 0 spiro atoms. The number of nitrogens with zero attached hydrogens (tertiary/aromatic N) is 2. The molecular formula is C18H30IN5O3. The number of aliphatic imine (C=N–C) groups is 1. The van der Waals surface area contributed by atoms with Crippen molar-refractivity contribution in [1.29, 1.82) is 0 Å². The minimum atomic E-state index is -0.0866. The normalized spacial score (nSPS) is 16.5. The average Bonchev–Trinajstić information content (AvgIpc) is 3.15. The second-order valence-electron chi connectivity index (χ2n) is 6.15. The van der Waals surface area contributed by atoms with E-state index in [4.69, 9.17) is 9.47 Å². The molecular weight excluding hydrogens is 461 g/mol. The molecule has 27 heavy (non-hydrogen) atoms. The first kappa shape index (κ1) is 23.6. The summed E-state index contributed by atoms with van der Waals surface area (Å²) in [7, 11) is 1.71. The van der Waals surface area contributed by atoms with Gasteiger partial charge in [-0.2, -0.15) is 0 Å². The van der Waals surface area contributed by atoms with Crippen LogP contribution in [0, 0.1) is 6.92 Å². The first-order valence-corrected chi connectivity index (χ1v) is 9.03. The molecule has 1 saturated heterocycles. The molecule has 1 unspecified atom stereocenters. The van der Waals surface area contributed by atoms with E-state index in [9.17, 15) is 4.79 Å². The van der Waals surface area contributed by atoms with Gasteiger partial charge in [-0.25, -0.2) is 4.98 Å². The van der Waals surface area contributed by atoms with Gasteiger partial charge in [-0.1, -0.05) is 6.07 Å². The van der Waals surface area contributed by atoms with Gasteiger partial charge in [-0.15, -0.1) is 24.0 Å². The lowest BCUT2D eigenvalue weighted by molar-refractivity contribution is -0.116. The average molecular weight is 491 g/mol. The molecule has 1 atom stereocenters. The lowest BCUT2D eigenvalue weighted by Crippen LogP contribution is -2.39. The first-order chi connectivity index (χ1) is 12.7. The number of ether oxygens (including phenoxy) is 2. The van der Waals surface area contributed by atoms with E-state index < -0.39 is 0 Å². The Bertz CT molecular complexity index is 577. The van der Waals surface area contributed by atoms with E-state index in [1.165, 1.54) is 0 Å². The maximum absolute atomic E-state index is 11.9. The molecule has 3 N–H and O–H groups in total. The molecule has 1 aromatic rings. The minimum Gasteiger partial charge on any atom is -0.379 e. The molecule has 1 aromatic heterocycles. The number of nitrogens with one attached hydrogen (secondary N) is 3. The molecule has 0 radical (unpaired) electrons. The molecule has 9 heteroatoms. The van der Waals surface area contributed by atoms with Gasteiger partial charge in [-0.3, -0.25) is 9.79 Å². The van der Waals surface area contributed by atoms with E-state index in [0.717, 1.165) is 31.6 Å². The van der Waals surface area contributed by atoms with Crippen LogP contribution in [0.5, 0.6) is 0 Å². The molecule has 8 nitrogen and oxygen atoms in total. The summed E-state index contributed by atoms with van der Waals surface area (Å²) in [4.78, 5) is 20.2. The maximum Gasteiger partial charge on any atom is 0.227 e. The van der Waals surface area contributed by atoms with Crippen molar-refractivity contribution in [2.75, 3.05) is 45.3 Å². The van der Waals surface area contributed by atoms with Crippen molar-refractivity contribution in [1.82, 2.24) is 15.6 Å². The highest BCUT2D eigenvalue weighted by Crippen LogP contribution is 2.07. The fourth-order valence-electron chi connectivity index (χ4n) is 2.44. The van der Waals surface area contributed by atoms with Gasteiger partial charge in [-0.05, 0) is 31.4 Å². The molecule has 2 heterocycles. The number of carbonyl (C=O) groups is 1. The third-order valence-corrected chi connectivity index (χ3v) is 3.90. The summed E-state index contributed by atoms with van der Waals surface area (Å²) >= 11 is 0. The lowest BCUT2D eigenvalue weighted by atomic mass is 10.3. The Morgan fingerprint density at radius 2 is 2.19 bits per heavy atom. The number of anilines is 1. The van der Waals surface area contributed by atoms with Gasteiger partial charge in [0.25, 0.3) is 0 Å². The molecule has 1 amide bonds. The van der Waals surface area contributed by atoms with Gasteiger partial charge >= 0.3 is 0 Å². The van der Waals surface area contributed by atoms with Crippen molar-refractivity contribution in [3.63, 3.8) is 0 Å². The standard InChI is InChI=1S/C18H29N5O3.HI/c1-14-4-5-16(22-12-14)23-17(24)6-9-21-18(19-2)20-8-3-10-26-15-7-11-25-13-15;/h4-5,12,15H,3,6-11,13H2,1-2H3,(H2,19,20,21)(H,22,23,24);1H. The van der Waals surface area contributed by atoms with Crippen LogP contribution in [-0.2, 0) is 14.3 Å². The van der Waals surface area contributed by atoms with Crippen LogP contribution >= 0.6 is 24.0 Å². The largest absolute Gasteiger partial charge is 0.379 e. The predicted octanol–water partition coefficient (Wildman–Crippen LogP) is 1.70. The highest BCUT2D eigenvalue weighted by molar-refractivity contribution is 14.0. The molecule has 2 rings (SSSR count). The van der Waals surface area contributed by atoms with E-state index in [1.807, 2.05) is 13.0 Å². The van der Waals surface area contributed by atoms with Crippen LogP contribution < -0.4 is 16.0 Å². The first-order valence-electron chi connectivity index (χ1n) is 9.03. The second kappa shape index (κ2) is 13.7. The Kier molecular flexibility index (Phi) is 11.9. The van der Waals surface area contributed by atoms with Gasteiger partial charge in [0.2, 0.25) is 5.91 Å². The van der Waals surface area contributed by atoms with Crippen LogP contribution in [-0.4, -0.2) is 62.9 Å². The van der Waals surface area contributed by atoms with Gasteiger partial charge < -0.3 is 25.4 Å². The lowest BCUT2D eigenvalue weighted by Gasteiger charge is -2.13. The Morgan fingerprint density at radius 3 is 2.85 bits per heavy atom. The Balaban J connectivity index is 0.00000364. The Morgan fingerprint density at radius 1 is 1.37 bits per heavy atom. The van der Waals surface area contributed by atoms with Gasteiger partial charge in [0.1, 0.15) is 5.82 Å². The van der Waals surface area contributed by atoms with Crippen LogP contribution in [0.1, 0.15) is 24.8 Å². The third-order valence-electron chi connectivity index (χ3n) is 3.90. The highest BCUT2D eigenvalue weighted by atomic mass is 127. The molecule has 152 valence electrons. The summed E-state index contributed by atoms with van der Waals surface area (Å²) < 4.78 is 11.0. The number of hydrogen-bond donors (Lipinski definition) is 3. The number of carbonyl (C=O) groups excluding carboxylic acids is 1. The van der Waals surface area contributed by atoms with E-state index in [2.05, 4.69) is 25.9 Å². The molecule has 0 aromatic carbocycles. The minimum absolute atomic E-state index is 0. The van der Waals surface area contributed by atoms with Crippen molar-refractivity contribution in [2.24, 2.45) is 4.99 Å². The third kappa shape index (κ3) is 9.87. The molecule has 1 fully saturated rings. The second-order valence-corrected chi connectivity index (χ2v) is 6.15. The maximum atomic E-state index is 11.9. The van der Waals surface area contributed by atoms with Crippen molar-refractivity contribution in [2.45, 2.75) is 32.3 Å². The van der Waals surface area contributed by atoms with E-state index in [-0.39, 0.29) is 36.0 Å². The number of amides is 1. The number of pyridine rings is 1. The van der Waals surface area contributed by atoms with Gasteiger partial charge in [0.05, 0.1) is 12.7 Å². The van der Waals surface area contributed by atoms with Crippen LogP contribution in [0.15, 0.2) is 23.3 Å². The molecule has 1 aliphatic rings. The zero-order valence-electron chi connectivity index (χ0n) is 16.0. The summed E-state index contributed by atoms with van der Waals surface area (Å²) in [6.45, 7) is 5.41. The SMILES string of the molecule is CN=C(NCCCOC1CCOC1)NCCC(=O)Nc1ccc(C)cn1.I. The number of guanidine groups is 1. The molecule has 0 bridgehead atoms. The summed E-state index contributed by atoms with van der Waals surface area (Å²) in [5.74, 6) is 1.16. The van der Waals surface area contributed by atoms with E-state index >= 15 is 0 Å². The van der Waals surface area contributed by atoms with Crippen LogP contribution in [0.2, 0.25) is 0 Å². The number of halogens is 1. The van der Waals surface area contributed by atoms with Gasteiger partial charge in [0.15, 0.2) is 5.96 Å². The number of aryl methyl sites for hydroxylation is 1. The number of aromatic nitrogens is 1. The van der Waals surface area contributed by atoms with Crippen molar-refractivity contribution >= 4 is 41.7 Å². The van der Waals surface area contributed by atoms with Crippen molar-refractivity contribution in [3.8, 4) is 0 Å². The fourth-order valence-corrected chi connectivity index (χ4v) is 2.44. The highest BCUT2D eigenvalue weighted by Gasteiger charge is 2.15. The van der Waals surface area contributed by atoms with Crippen molar-refractivity contribution < 1.29 is 14.3 Å². The van der Waals surface area contributed by atoms with Crippen LogP contribution in [0.4, 0.5) is 5.82 Å². The Labute approximate surface area is 177 Å². The van der Waals surface area contributed by atoms with Crippen LogP contribution in [0.3, 0.4) is 0 Å². The number of rotatable bonds is 9. The summed E-state index contributed by atoms with van der Waals surface area (Å²) in [6.07, 6.45) is 4.17. The summed E-state index contributed by atoms with van der Waals surface area (Å²) in [6, 6.07) is 3.71. The predicted molar refractivity (Wildman–Crippen MR) is 117 cm³/mol. The molecule has 1 aliphatic heterocycles. The van der Waals surface area contributed by atoms with E-state index in [1.54, 1.807) is 19.3 Å². The molecule has 0 aliphatic carbocycles. The quantitative estimate of drug-likeness (QED) is 0.211.